The zero-order valence-electron chi connectivity index (χ0n) is 10.9. The third-order valence-corrected chi connectivity index (χ3v) is 4.11. The fourth-order valence-corrected chi connectivity index (χ4v) is 2.58. The molecule has 0 bridgehead atoms. The van der Waals surface area contributed by atoms with Crippen molar-refractivity contribution in [2.75, 3.05) is 26.8 Å². The van der Waals surface area contributed by atoms with Gasteiger partial charge in [-0.2, -0.15) is 0 Å². The lowest BCUT2D eigenvalue weighted by Crippen LogP contribution is -2.51. The van der Waals surface area contributed by atoms with Crippen LogP contribution < -0.4 is 0 Å². The van der Waals surface area contributed by atoms with Crippen LogP contribution in [0.3, 0.4) is 0 Å². The Morgan fingerprint density at radius 2 is 2.13 bits per heavy atom. The summed E-state index contributed by atoms with van der Waals surface area (Å²) in [5, 5.41) is 0. The number of rotatable bonds is 5. The molecule has 1 saturated heterocycles. The molecule has 2 nitrogen and oxygen atoms in total. The van der Waals surface area contributed by atoms with Gasteiger partial charge in [0.05, 0.1) is 13.2 Å². The van der Waals surface area contributed by atoms with Crippen molar-refractivity contribution in [1.82, 2.24) is 4.90 Å². The highest BCUT2D eigenvalue weighted by Crippen LogP contribution is 2.35. The molecule has 0 N–H and O–H groups in total. The summed E-state index contributed by atoms with van der Waals surface area (Å²) >= 11 is 0. The van der Waals surface area contributed by atoms with Crippen molar-refractivity contribution < 1.29 is 4.74 Å². The van der Waals surface area contributed by atoms with Crippen LogP contribution in [0.1, 0.15) is 46.5 Å². The van der Waals surface area contributed by atoms with Crippen LogP contribution >= 0.6 is 0 Å². The molecule has 0 amide bonds. The zero-order valence-corrected chi connectivity index (χ0v) is 10.9. The molecule has 1 aliphatic rings. The van der Waals surface area contributed by atoms with Crippen LogP contribution in [0, 0.1) is 5.41 Å². The third-order valence-electron chi connectivity index (χ3n) is 4.11. The number of nitrogens with zero attached hydrogens (tertiary/aromatic N) is 1. The number of morpholine rings is 1. The molecule has 90 valence electrons. The molecule has 0 aliphatic carbocycles. The molecule has 2 heteroatoms. The van der Waals surface area contributed by atoms with E-state index in [0.717, 1.165) is 19.8 Å². The fraction of sp³-hybridized carbons (Fsp3) is 1.00. The van der Waals surface area contributed by atoms with Gasteiger partial charge in [0.1, 0.15) is 0 Å². The number of hydrogen-bond donors (Lipinski definition) is 0. The Bertz CT molecular complexity index is 183. The first-order chi connectivity index (χ1) is 7.14. The normalized spacial score (nSPS) is 27.6. The minimum Gasteiger partial charge on any atom is -0.378 e. The summed E-state index contributed by atoms with van der Waals surface area (Å²) < 4.78 is 5.64. The average molecular weight is 213 g/mol. The van der Waals surface area contributed by atoms with Gasteiger partial charge >= 0.3 is 0 Å². The van der Waals surface area contributed by atoms with Gasteiger partial charge in [-0.3, -0.25) is 4.90 Å². The molecule has 0 saturated carbocycles. The summed E-state index contributed by atoms with van der Waals surface area (Å²) in [5.74, 6) is 0. The van der Waals surface area contributed by atoms with Crippen molar-refractivity contribution in [3.8, 4) is 0 Å². The summed E-state index contributed by atoms with van der Waals surface area (Å²) in [6.45, 7) is 9.94. The van der Waals surface area contributed by atoms with Crippen molar-refractivity contribution in [2.24, 2.45) is 5.41 Å². The van der Waals surface area contributed by atoms with Crippen LogP contribution in [-0.4, -0.2) is 37.7 Å². The van der Waals surface area contributed by atoms with Gasteiger partial charge < -0.3 is 4.74 Å². The Morgan fingerprint density at radius 3 is 2.67 bits per heavy atom. The second-order valence-corrected chi connectivity index (χ2v) is 5.18. The number of hydrogen-bond acceptors (Lipinski definition) is 2. The van der Waals surface area contributed by atoms with E-state index in [9.17, 15) is 0 Å². The second-order valence-electron chi connectivity index (χ2n) is 5.18. The minimum absolute atomic E-state index is 0.436. The molecular formula is C13H27NO. The second kappa shape index (κ2) is 5.86. The van der Waals surface area contributed by atoms with Crippen LogP contribution in [0.25, 0.3) is 0 Å². The topological polar surface area (TPSA) is 12.5 Å². The van der Waals surface area contributed by atoms with Crippen LogP contribution in [0.5, 0.6) is 0 Å². The Labute approximate surface area is 95.0 Å². The SMILES string of the molecule is CCCCC(C)(CC)C1COCCN1C. The maximum atomic E-state index is 5.64. The molecule has 2 unspecified atom stereocenters. The zero-order chi connectivity index (χ0) is 11.3. The van der Waals surface area contributed by atoms with E-state index in [2.05, 4.69) is 32.7 Å². The van der Waals surface area contributed by atoms with E-state index in [4.69, 9.17) is 4.74 Å². The van der Waals surface area contributed by atoms with Crippen molar-refractivity contribution in [3.63, 3.8) is 0 Å². The van der Waals surface area contributed by atoms with E-state index < -0.39 is 0 Å². The van der Waals surface area contributed by atoms with Crippen LogP contribution in [0.2, 0.25) is 0 Å². The van der Waals surface area contributed by atoms with E-state index in [1.807, 2.05) is 0 Å². The van der Waals surface area contributed by atoms with E-state index in [1.54, 1.807) is 0 Å². The number of unbranched alkanes of at least 4 members (excludes halogenated alkanes) is 1. The molecule has 0 spiro atoms. The molecule has 1 aliphatic heterocycles. The van der Waals surface area contributed by atoms with Crippen molar-refractivity contribution in [1.29, 1.82) is 0 Å². The van der Waals surface area contributed by atoms with Gasteiger partial charge in [-0.05, 0) is 25.3 Å². The van der Waals surface area contributed by atoms with Crippen molar-refractivity contribution in [3.05, 3.63) is 0 Å². The number of likely N-dealkylation sites (N-methyl/N-ethyl adjacent to an activating group) is 1. The molecule has 15 heavy (non-hydrogen) atoms. The molecule has 0 radical (unpaired) electrons. The molecule has 0 aromatic heterocycles. The Balaban J connectivity index is 2.61. The fourth-order valence-electron chi connectivity index (χ4n) is 2.58. The lowest BCUT2D eigenvalue weighted by atomic mass is 9.75. The lowest BCUT2D eigenvalue weighted by molar-refractivity contribution is -0.0507. The van der Waals surface area contributed by atoms with E-state index in [0.29, 0.717) is 11.5 Å². The first-order valence-electron chi connectivity index (χ1n) is 6.42. The Morgan fingerprint density at radius 1 is 1.40 bits per heavy atom. The molecule has 1 rings (SSSR count). The van der Waals surface area contributed by atoms with Crippen LogP contribution in [0.15, 0.2) is 0 Å². The quantitative estimate of drug-likeness (QED) is 0.696. The maximum Gasteiger partial charge on any atom is 0.0627 e. The molecule has 0 aromatic carbocycles. The average Bonchev–Trinajstić information content (AvgIpc) is 2.26. The molecule has 2 atom stereocenters. The maximum absolute atomic E-state index is 5.64. The van der Waals surface area contributed by atoms with Gasteiger partial charge in [-0.1, -0.05) is 33.6 Å². The van der Waals surface area contributed by atoms with Gasteiger partial charge in [0.25, 0.3) is 0 Å². The highest BCUT2D eigenvalue weighted by molar-refractivity contribution is 4.89. The Hall–Kier alpha value is -0.0800. The van der Waals surface area contributed by atoms with E-state index in [-0.39, 0.29) is 0 Å². The minimum atomic E-state index is 0.436. The van der Waals surface area contributed by atoms with Crippen LogP contribution in [-0.2, 0) is 4.74 Å². The molecule has 1 heterocycles. The monoisotopic (exact) mass is 213 g/mol. The van der Waals surface area contributed by atoms with Gasteiger partial charge in [0.15, 0.2) is 0 Å². The summed E-state index contributed by atoms with van der Waals surface area (Å²) in [6, 6.07) is 0.614. The highest BCUT2D eigenvalue weighted by Gasteiger charge is 2.36. The first-order valence-corrected chi connectivity index (χ1v) is 6.42. The summed E-state index contributed by atoms with van der Waals surface area (Å²) in [4.78, 5) is 2.49. The third kappa shape index (κ3) is 3.18. The summed E-state index contributed by atoms with van der Waals surface area (Å²) in [6.07, 6.45) is 5.23. The first kappa shape index (κ1) is 13.0. The van der Waals surface area contributed by atoms with Crippen molar-refractivity contribution in [2.45, 2.75) is 52.5 Å². The van der Waals surface area contributed by atoms with Crippen LogP contribution in [0.4, 0.5) is 0 Å². The van der Waals surface area contributed by atoms with E-state index >= 15 is 0 Å². The largest absolute Gasteiger partial charge is 0.378 e. The predicted molar refractivity (Wildman–Crippen MR) is 65.2 cm³/mol. The molecular weight excluding hydrogens is 186 g/mol. The molecule has 0 aromatic rings. The van der Waals surface area contributed by atoms with Gasteiger partial charge in [0.2, 0.25) is 0 Å². The Kier molecular flexibility index (Phi) is 5.07. The lowest BCUT2D eigenvalue weighted by Gasteiger charge is -2.45. The molecule has 1 fully saturated rings. The van der Waals surface area contributed by atoms with Gasteiger partial charge in [-0.25, -0.2) is 0 Å². The highest BCUT2D eigenvalue weighted by atomic mass is 16.5. The van der Waals surface area contributed by atoms with E-state index in [1.165, 1.54) is 25.7 Å². The predicted octanol–water partition coefficient (Wildman–Crippen LogP) is 2.92. The number of ether oxygens (including phenoxy) is 1. The standard InChI is InChI=1S/C13H27NO/c1-5-7-8-13(3,6-2)12-11-15-10-9-14(12)4/h12H,5-11H2,1-4H3. The van der Waals surface area contributed by atoms with Gasteiger partial charge in [0, 0.05) is 12.6 Å². The summed E-state index contributed by atoms with van der Waals surface area (Å²) in [7, 11) is 2.24. The smallest absolute Gasteiger partial charge is 0.0627 e. The van der Waals surface area contributed by atoms with Crippen molar-refractivity contribution >= 4 is 0 Å². The van der Waals surface area contributed by atoms with Gasteiger partial charge in [-0.15, -0.1) is 0 Å². The summed E-state index contributed by atoms with van der Waals surface area (Å²) in [5.41, 5.74) is 0.436.